The van der Waals surface area contributed by atoms with Crippen LogP contribution in [0.25, 0.3) is 0 Å². The maximum Gasteiger partial charge on any atom is 0.323 e. The molecule has 106 valence electrons. The van der Waals surface area contributed by atoms with Crippen molar-refractivity contribution in [3.05, 3.63) is 29.3 Å². The van der Waals surface area contributed by atoms with E-state index in [0.717, 1.165) is 29.1 Å². The molecular formula is C13H14N2O5. The molecule has 0 fully saturated rings. The second-order valence-corrected chi connectivity index (χ2v) is 4.50. The molecule has 0 atom stereocenters. The summed E-state index contributed by atoms with van der Waals surface area (Å²) in [5.41, 5.74) is 2.20. The van der Waals surface area contributed by atoms with Crippen LogP contribution in [0.4, 0.5) is 5.69 Å². The topological polar surface area (TPSA) is 107 Å². The highest BCUT2D eigenvalue weighted by Crippen LogP contribution is 2.23. The Morgan fingerprint density at radius 2 is 1.80 bits per heavy atom. The van der Waals surface area contributed by atoms with E-state index in [9.17, 15) is 14.4 Å². The predicted octanol–water partition coefficient (Wildman–Crippen LogP) is 0.266. The van der Waals surface area contributed by atoms with Gasteiger partial charge < -0.3 is 20.4 Å². The fourth-order valence-corrected chi connectivity index (χ4v) is 2.13. The van der Waals surface area contributed by atoms with Gasteiger partial charge in [-0.1, -0.05) is 6.07 Å². The van der Waals surface area contributed by atoms with E-state index in [4.69, 9.17) is 10.2 Å². The Labute approximate surface area is 114 Å². The molecule has 1 aromatic rings. The van der Waals surface area contributed by atoms with Crippen molar-refractivity contribution in [2.24, 2.45) is 0 Å². The molecule has 1 aliphatic heterocycles. The van der Waals surface area contributed by atoms with Gasteiger partial charge in [-0.3, -0.25) is 14.4 Å². The number of carboxylic acid groups (broad SMARTS) is 2. The van der Waals surface area contributed by atoms with Gasteiger partial charge >= 0.3 is 11.9 Å². The van der Waals surface area contributed by atoms with Gasteiger partial charge in [0.05, 0.1) is 0 Å². The number of fused-ring (bicyclic) bond motifs is 1. The summed E-state index contributed by atoms with van der Waals surface area (Å²) < 4.78 is 0. The molecule has 3 N–H and O–H groups in total. The van der Waals surface area contributed by atoms with Crippen LogP contribution in [0.3, 0.4) is 0 Å². The molecule has 1 aromatic carbocycles. The van der Waals surface area contributed by atoms with E-state index in [0.29, 0.717) is 0 Å². The molecule has 20 heavy (non-hydrogen) atoms. The molecule has 7 nitrogen and oxygen atoms in total. The number of anilines is 1. The van der Waals surface area contributed by atoms with Gasteiger partial charge in [-0.2, -0.15) is 0 Å². The van der Waals surface area contributed by atoms with Crippen LogP contribution in [0.15, 0.2) is 18.2 Å². The average molecular weight is 278 g/mol. The number of aliphatic carboxylic acids is 2. The number of benzene rings is 1. The van der Waals surface area contributed by atoms with Gasteiger partial charge in [0.2, 0.25) is 0 Å². The minimum absolute atomic E-state index is 0.278. The number of carboxylic acids is 2. The van der Waals surface area contributed by atoms with Crippen LogP contribution in [-0.4, -0.2) is 52.6 Å². The standard InChI is InChI=1S/C13H14N2O5/c16-11(17)6-15(7-12(18)19)13(20)9-2-1-8-3-4-14-10(8)5-9/h1-2,5,14H,3-4,6-7H2,(H,16,17)(H,18,19). The fraction of sp³-hybridized carbons (Fsp3) is 0.308. The smallest absolute Gasteiger partial charge is 0.323 e. The van der Waals surface area contributed by atoms with E-state index in [-0.39, 0.29) is 5.56 Å². The van der Waals surface area contributed by atoms with Gasteiger partial charge in [0.25, 0.3) is 5.91 Å². The number of hydrogen-bond acceptors (Lipinski definition) is 4. The number of amides is 1. The lowest BCUT2D eigenvalue weighted by Crippen LogP contribution is -2.39. The Hall–Kier alpha value is -2.57. The second-order valence-electron chi connectivity index (χ2n) is 4.50. The molecule has 0 saturated heterocycles. The Morgan fingerprint density at radius 3 is 2.40 bits per heavy atom. The zero-order chi connectivity index (χ0) is 14.7. The lowest BCUT2D eigenvalue weighted by Gasteiger charge is -2.18. The van der Waals surface area contributed by atoms with Gasteiger partial charge in [-0.15, -0.1) is 0 Å². The first kappa shape index (κ1) is 13.9. The highest BCUT2D eigenvalue weighted by Gasteiger charge is 2.22. The normalized spacial score (nSPS) is 12.4. The van der Waals surface area contributed by atoms with E-state index < -0.39 is 30.9 Å². The van der Waals surface area contributed by atoms with Crippen molar-refractivity contribution in [2.45, 2.75) is 6.42 Å². The zero-order valence-electron chi connectivity index (χ0n) is 10.6. The van der Waals surface area contributed by atoms with E-state index in [1.807, 2.05) is 0 Å². The molecule has 1 heterocycles. The average Bonchev–Trinajstić information content (AvgIpc) is 2.83. The number of rotatable bonds is 5. The molecule has 0 bridgehead atoms. The maximum atomic E-state index is 12.2. The summed E-state index contributed by atoms with van der Waals surface area (Å²) in [5.74, 6) is -3.11. The van der Waals surface area contributed by atoms with Gasteiger partial charge in [-0.05, 0) is 24.1 Å². The van der Waals surface area contributed by atoms with Gasteiger partial charge in [0, 0.05) is 17.8 Å². The Kier molecular flexibility index (Phi) is 3.88. The minimum Gasteiger partial charge on any atom is -0.480 e. The van der Waals surface area contributed by atoms with Gasteiger partial charge in [-0.25, -0.2) is 0 Å². The van der Waals surface area contributed by atoms with Crippen LogP contribution in [0.2, 0.25) is 0 Å². The largest absolute Gasteiger partial charge is 0.480 e. The molecule has 2 rings (SSSR count). The lowest BCUT2D eigenvalue weighted by atomic mass is 10.1. The SMILES string of the molecule is O=C(O)CN(CC(=O)O)C(=O)c1ccc2c(c1)NCC2. The van der Waals surface area contributed by atoms with Crippen molar-refractivity contribution in [2.75, 3.05) is 25.0 Å². The quantitative estimate of drug-likeness (QED) is 0.713. The summed E-state index contributed by atoms with van der Waals surface area (Å²) in [4.78, 5) is 34.4. The molecule has 0 aromatic heterocycles. The van der Waals surface area contributed by atoms with Crippen LogP contribution in [0, 0.1) is 0 Å². The monoisotopic (exact) mass is 278 g/mol. The number of hydrogen-bond donors (Lipinski definition) is 3. The van der Waals surface area contributed by atoms with E-state index in [1.54, 1.807) is 18.2 Å². The van der Waals surface area contributed by atoms with E-state index >= 15 is 0 Å². The van der Waals surface area contributed by atoms with Crippen LogP contribution < -0.4 is 5.32 Å². The van der Waals surface area contributed by atoms with Crippen molar-refractivity contribution in [1.82, 2.24) is 4.90 Å². The number of carbonyl (C=O) groups excluding carboxylic acids is 1. The lowest BCUT2D eigenvalue weighted by molar-refractivity contribution is -0.140. The number of carbonyl (C=O) groups is 3. The first-order valence-corrected chi connectivity index (χ1v) is 6.07. The number of nitrogens with zero attached hydrogens (tertiary/aromatic N) is 1. The van der Waals surface area contributed by atoms with Gasteiger partial charge in [0.15, 0.2) is 0 Å². The number of nitrogens with one attached hydrogen (secondary N) is 1. The Balaban J connectivity index is 2.22. The fourth-order valence-electron chi connectivity index (χ4n) is 2.13. The third kappa shape index (κ3) is 3.05. The summed E-state index contributed by atoms with van der Waals surface area (Å²) in [6, 6.07) is 5.01. The van der Waals surface area contributed by atoms with Crippen molar-refractivity contribution < 1.29 is 24.6 Å². The predicted molar refractivity (Wildman–Crippen MR) is 69.8 cm³/mol. The maximum absolute atomic E-state index is 12.2. The highest BCUT2D eigenvalue weighted by molar-refractivity contribution is 5.98. The molecule has 7 heteroatoms. The van der Waals surface area contributed by atoms with Gasteiger partial charge in [0.1, 0.15) is 13.1 Å². The third-order valence-electron chi connectivity index (χ3n) is 3.01. The van der Waals surface area contributed by atoms with Crippen LogP contribution in [-0.2, 0) is 16.0 Å². The van der Waals surface area contributed by atoms with Crippen LogP contribution in [0.5, 0.6) is 0 Å². The molecular weight excluding hydrogens is 264 g/mol. The van der Waals surface area contributed by atoms with Crippen molar-refractivity contribution in [1.29, 1.82) is 0 Å². The molecule has 0 aliphatic carbocycles. The van der Waals surface area contributed by atoms with Crippen LogP contribution >= 0.6 is 0 Å². The summed E-state index contributed by atoms with van der Waals surface area (Å²) >= 11 is 0. The molecule has 1 amide bonds. The highest BCUT2D eigenvalue weighted by atomic mass is 16.4. The van der Waals surface area contributed by atoms with E-state index in [2.05, 4.69) is 5.32 Å². The molecule has 1 aliphatic rings. The van der Waals surface area contributed by atoms with E-state index in [1.165, 1.54) is 0 Å². The molecule has 0 saturated carbocycles. The molecule has 0 unspecified atom stereocenters. The first-order valence-electron chi connectivity index (χ1n) is 6.07. The van der Waals surface area contributed by atoms with Crippen molar-refractivity contribution >= 4 is 23.5 Å². The summed E-state index contributed by atoms with van der Waals surface area (Å²) in [7, 11) is 0. The summed E-state index contributed by atoms with van der Waals surface area (Å²) in [6.07, 6.45) is 0.873. The van der Waals surface area contributed by atoms with Crippen LogP contribution in [0.1, 0.15) is 15.9 Å². The second kappa shape index (κ2) is 5.60. The molecule has 0 spiro atoms. The minimum atomic E-state index is -1.25. The Bertz CT molecular complexity index is 554. The molecule has 0 radical (unpaired) electrons. The summed E-state index contributed by atoms with van der Waals surface area (Å²) in [5, 5.41) is 20.6. The first-order chi connectivity index (χ1) is 9.47. The van der Waals surface area contributed by atoms with Crippen molar-refractivity contribution in [3.63, 3.8) is 0 Å². The summed E-state index contributed by atoms with van der Waals surface area (Å²) in [6.45, 7) is -0.494. The zero-order valence-corrected chi connectivity index (χ0v) is 10.6. The van der Waals surface area contributed by atoms with Crippen molar-refractivity contribution in [3.8, 4) is 0 Å². The third-order valence-corrected chi connectivity index (χ3v) is 3.01. The Morgan fingerprint density at radius 1 is 1.15 bits per heavy atom.